The van der Waals surface area contributed by atoms with Crippen molar-refractivity contribution in [1.29, 1.82) is 0 Å². The van der Waals surface area contributed by atoms with E-state index in [1.54, 1.807) is 45.4 Å². The Morgan fingerprint density at radius 2 is 1.80 bits per heavy atom. The zero-order valence-corrected chi connectivity index (χ0v) is 27.4. The maximum absolute atomic E-state index is 15.7. The number of hydrogen-bond donors (Lipinski definition) is 1. The highest BCUT2D eigenvalue weighted by molar-refractivity contribution is 6.04. The molecule has 4 aromatic rings. The Kier molecular flexibility index (Phi) is 8.40. The van der Waals surface area contributed by atoms with Gasteiger partial charge in [-0.15, -0.1) is 0 Å². The summed E-state index contributed by atoms with van der Waals surface area (Å²) in [7, 11) is 1.80. The van der Waals surface area contributed by atoms with E-state index >= 15 is 4.39 Å². The van der Waals surface area contributed by atoms with Crippen molar-refractivity contribution in [3.05, 3.63) is 81.9 Å². The number of benzene rings is 2. The number of piperidine rings is 1. The molecule has 46 heavy (non-hydrogen) atoms. The number of carbonyl (C=O) groups is 2. The number of ether oxygens (including phenoxy) is 2. The molecule has 4 heterocycles. The van der Waals surface area contributed by atoms with Crippen LogP contribution in [0.15, 0.2) is 42.5 Å². The molecule has 1 fully saturated rings. The minimum atomic E-state index is -1.38. The molecule has 242 valence electrons. The zero-order valence-electron chi connectivity index (χ0n) is 27.4. The number of carboxylic acid groups (broad SMARTS) is 1. The number of fused-ring (bicyclic) bond motifs is 2. The lowest BCUT2D eigenvalue weighted by Crippen LogP contribution is -2.38. The van der Waals surface area contributed by atoms with E-state index in [-0.39, 0.29) is 11.7 Å². The van der Waals surface area contributed by atoms with Crippen LogP contribution in [0.4, 0.5) is 4.39 Å². The predicted molar refractivity (Wildman–Crippen MR) is 175 cm³/mol. The fraction of sp³-hybridized carbons (Fsp3) is 0.432. The maximum atomic E-state index is 15.7. The molecule has 2 aliphatic heterocycles. The van der Waals surface area contributed by atoms with Crippen molar-refractivity contribution in [2.45, 2.75) is 77.9 Å². The van der Waals surface area contributed by atoms with Crippen LogP contribution in [0.25, 0.3) is 22.2 Å². The number of pyridine rings is 1. The molecule has 0 spiro atoms. The van der Waals surface area contributed by atoms with E-state index in [0.717, 1.165) is 30.4 Å². The second-order valence-electron chi connectivity index (χ2n) is 13.5. The summed E-state index contributed by atoms with van der Waals surface area (Å²) in [5.41, 5.74) is 4.89. The summed E-state index contributed by atoms with van der Waals surface area (Å²) in [5, 5.41) is 11.1. The summed E-state index contributed by atoms with van der Waals surface area (Å²) in [5.74, 6) is -1.13. The summed E-state index contributed by atoms with van der Waals surface area (Å²) in [6.45, 7) is 10.7. The second kappa shape index (κ2) is 12.2. The van der Waals surface area contributed by atoms with E-state index in [1.807, 2.05) is 30.0 Å². The van der Waals surface area contributed by atoms with Crippen molar-refractivity contribution in [2.75, 3.05) is 19.7 Å². The number of nitrogens with zero attached hydrogens (tertiary/aromatic N) is 3. The van der Waals surface area contributed by atoms with Gasteiger partial charge >= 0.3 is 5.97 Å². The number of carboxylic acids is 1. The molecule has 1 atom stereocenters. The number of amides is 1. The van der Waals surface area contributed by atoms with Gasteiger partial charge in [-0.2, -0.15) is 0 Å². The largest absolute Gasteiger partial charge is 0.490 e. The number of likely N-dealkylation sites (tertiary alicyclic amines) is 1. The third-order valence-corrected chi connectivity index (χ3v) is 9.34. The van der Waals surface area contributed by atoms with Gasteiger partial charge in [0.2, 0.25) is 0 Å². The molecule has 0 saturated carbocycles. The molecule has 2 aromatic heterocycles. The summed E-state index contributed by atoms with van der Waals surface area (Å²) in [4.78, 5) is 33.7. The van der Waals surface area contributed by atoms with Crippen LogP contribution in [-0.4, -0.2) is 56.7 Å². The first-order chi connectivity index (χ1) is 21.9. The van der Waals surface area contributed by atoms with E-state index in [4.69, 9.17) is 14.5 Å². The van der Waals surface area contributed by atoms with Gasteiger partial charge in [0.1, 0.15) is 11.3 Å². The standard InChI is InChI=1S/C37H42FN3O5/c1-21-25-13-10-18-45-32(25)28(38)19-26(21)31-27-20-29(35(42)41-16-14-24(15-17-41)23-11-8-7-9-12-23)40(6)34(27)39-22(2)30(31)33(36(43)44)46-37(3,4)5/h7-9,11-12,19-20,24,33H,10,13-18H2,1-6H3,(H,43,44)/t33-/m0/s1. The second-order valence-corrected chi connectivity index (χ2v) is 13.5. The average molecular weight is 628 g/mol. The van der Waals surface area contributed by atoms with Crippen LogP contribution in [0.1, 0.15) is 90.5 Å². The highest BCUT2D eigenvalue weighted by Gasteiger charge is 2.35. The molecule has 0 unspecified atom stereocenters. The average Bonchev–Trinajstić information content (AvgIpc) is 3.36. The van der Waals surface area contributed by atoms with E-state index in [9.17, 15) is 14.7 Å². The molecular formula is C37H42FN3O5. The summed E-state index contributed by atoms with van der Waals surface area (Å²) >= 11 is 0. The number of carbonyl (C=O) groups excluding carboxylic acids is 1. The van der Waals surface area contributed by atoms with E-state index < -0.39 is 23.5 Å². The van der Waals surface area contributed by atoms with Crippen LogP contribution in [0, 0.1) is 19.7 Å². The molecule has 1 N–H and O–H groups in total. The fourth-order valence-electron chi connectivity index (χ4n) is 7.08. The van der Waals surface area contributed by atoms with Gasteiger partial charge in [0.15, 0.2) is 17.7 Å². The molecule has 1 saturated heterocycles. The molecule has 0 bridgehead atoms. The number of rotatable bonds is 6. The van der Waals surface area contributed by atoms with Crippen molar-refractivity contribution in [3.63, 3.8) is 0 Å². The van der Waals surface area contributed by atoms with E-state index in [2.05, 4.69) is 12.1 Å². The van der Waals surface area contributed by atoms with Crippen LogP contribution in [-0.2, 0) is 23.0 Å². The van der Waals surface area contributed by atoms with Gasteiger partial charge in [-0.05, 0) is 95.0 Å². The molecule has 1 amide bonds. The first-order valence-electron chi connectivity index (χ1n) is 16.1. The lowest BCUT2D eigenvalue weighted by Gasteiger charge is -2.32. The normalized spacial score (nSPS) is 16.3. The highest BCUT2D eigenvalue weighted by atomic mass is 19.1. The Morgan fingerprint density at radius 1 is 1.11 bits per heavy atom. The molecule has 9 heteroatoms. The molecule has 6 rings (SSSR count). The highest BCUT2D eigenvalue weighted by Crippen LogP contribution is 2.45. The van der Waals surface area contributed by atoms with Crippen LogP contribution in [0.2, 0.25) is 0 Å². The van der Waals surface area contributed by atoms with E-state index in [0.29, 0.717) is 71.1 Å². The molecule has 0 radical (unpaired) electrons. The Balaban J connectivity index is 1.51. The number of aromatic nitrogens is 2. The summed E-state index contributed by atoms with van der Waals surface area (Å²) < 4.78 is 29.4. The smallest absolute Gasteiger partial charge is 0.337 e. The lowest BCUT2D eigenvalue weighted by atomic mass is 9.86. The Labute approximate surface area is 269 Å². The predicted octanol–water partition coefficient (Wildman–Crippen LogP) is 7.28. The zero-order chi connectivity index (χ0) is 32.9. The minimum absolute atomic E-state index is 0.111. The van der Waals surface area contributed by atoms with Crippen molar-refractivity contribution < 1.29 is 28.6 Å². The fourth-order valence-corrected chi connectivity index (χ4v) is 7.08. The summed E-state index contributed by atoms with van der Waals surface area (Å²) in [6, 6.07) is 13.6. The SMILES string of the molecule is Cc1nc2c(cc(C(=O)N3CCC(c4ccccc4)CC3)n2C)c(-c2cc(F)c3c(c2C)CCCO3)c1[C@H](OC(C)(C)C)C(=O)O. The van der Waals surface area contributed by atoms with Gasteiger partial charge < -0.3 is 24.0 Å². The van der Waals surface area contributed by atoms with Gasteiger partial charge in [-0.25, -0.2) is 14.2 Å². The van der Waals surface area contributed by atoms with Crippen LogP contribution in [0.5, 0.6) is 5.75 Å². The van der Waals surface area contributed by atoms with Crippen LogP contribution in [0.3, 0.4) is 0 Å². The Bertz CT molecular complexity index is 1820. The van der Waals surface area contributed by atoms with Crippen LogP contribution >= 0.6 is 0 Å². The third kappa shape index (κ3) is 5.77. The quantitative estimate of drug-likeness (QED) is 0.242. The molecule has 0 aliphatic carbocycles. The van der Waals surface area contributed by atoms with Gasteiger partial charge in [0.05, 0.1) is 12.2 Å². The Morgan fingerprint density at radius 3 is 2.46 bits per heavy atom. The van der Waals surface area contributed by atoms with Gasteiger partial charge in [-0.3, -0.25) is 4.79 Å². The Hall–Kier alpha value is -4.24. The minimum Gasteiger partial charge on any atom is -0.490 e. The maximum Gasteiger partial charge on any atom is 0.337 e. The van der Waals surface area contributed by atoms with Crippen molar-refractivity contribution in [1.82, 2.24) is 14.5 Å². The third-order valence-electron chi connectivity index (χ3n) is 9.34. The molecule has 8 nitrogen and oxygen atoms in total. The number of halogens is 1. The monoisotopic (exact) mass is 627 g/mol. The van der Waals surface area contributed by atoms with Gasteiger partial charge in [-0.1, -0.05) is 30.3 Å². The summed E-state index contributed by atoms with van der Waals surface area (Å²) in [6.07, 6.45) is 1.76. The molecule has 2 aliphatic rings. The van der Waals surface area contributed by atoms with Crippen molar-refractivity contribution >= 4 is 22.9 Å². The van der Waals surface area contributed by atoms with Gasteiger partial charge in [0.25, 0.3) is 5.91 Å². The van der Waals surface area contributed by atoms with Crippen molar-refractivity contribution in [3.8, 4) is 16.9 Å². The molecular weight excluding hydrogens is 585 g/mol. The van der Waals surface area contributed by atoms with E-state index in [1.165, 1.54) is 11.6 Å². The first-order valence-corrected chi connectivity index (χ1v) is 16.1. The number of aryl methyl sites for hydroxylation is 2. The van der Waals surface area contributed by atoms with Gasteiger partial charge in [0, 0.05) is 47.9 Å². The first kappa shape index (κ1) is 31.7. The van der Waals surface area contributed by atoms with Crippen LogP contribution < -0.4 is 4.74 Å². The molecule has 2 aromatic carbocycles. The van der Waals surface area contributed by atoms with Crippen molar-refractivity contribution in [2.24, 2.45) is 7.05 Å². The number of aliphatic carboxylic acids is 1. The number of hydrogen-bond acceptors (Lipinski definition) is 5. The lowest BCUT2D eigenvalue weighted by molar-refractivity contribution is -0.160. The topological polar surface area (TPSA) is 93.9 Å².